The Morgan fingerprint density at radius 1 is 1.36 bits per heavy atom. The maximum Gasteiger partial charge on any atom is 0.0645 e. The van der Waals surface area contributed by atoms with Crippen molar-refractivity contribution in [1.82, 2.24) is 0 Å². The summed E-state index contributed by atoms with van der Waals surface area (Å²) in [6.07, 6.45) is 6.76. The molecule has 2 nitrogen and oxygen atoms in total. The zero-order chi connectivity index (χ0) is 8.36. The van der Waals surface area contributed by atoms with Crippen molar-refractivity contribution in [3.8, 4) is 6.07 Å². The van der Waals surface area contributed by atoms with E-state index >= 15 is 0 Å². The summed E-state index contributed by atoms with van der Waals surface area (Å²) in [5.74, 6) is 0. The number of allylic oxidation sites excluding steroid dienone is 1. The molecular weight excluding hydrogens is 138 g/mol. The Morgan fingerprint density at radius 2 is 2.18 bits per heavy atom. The van der Waals surface area contributed by atoms with E-state index in [4.69, 9.17) is 10.00 Å². The van der Waals surface area contributed by atoms with Crippen molar-refractivity contribution in [2.75, 3.05) is 13.2 Å². The molecule has 0 radical (unpaired) electrons. The number of ether oxygens (including phenoxy) is 1. The van der Waals surface area contributed by atoms with Crippen LogP contribution in [0.5, 0.6) is 0 Å². The van der Waals surface area contributed by atoms with Gasteiger partial charge in [0, 0.05) is 0 Å². The smallest absolute Gasteiger partial charge is 0.0645 e. The highest BCUT2D eigenvalue weighted by Gasteiger charge is 1.83. The fraction of sp³-hybridized carbons (Fsp3) is 0.667. The Labute approximate surface area is 68.5 Å². The van der Waals surface area contributed by atoms with Gasteiger partial charge in [-0.25, -0.2) is 0 Å². The summed E-state index contributed by atoms with van der Waals surface area (Å²) < 4.78 is 5.15. The fourth-order valence-corrected chi connectivity index (χ4v) is 0.656. The van der Waals surface area contributed by atoms with Gasteiger partial charge in [-0.15, -0.1) is 0 Å². The molecule has 0 amide bonds. The van der Waals surface area contributed by atoms with Gasteiger partial charge in [-0.2, -0.15) is 5.26 Å². The molecule has 0 atom stereocenters. The molecule has 2 heteroatoms. The lowest BCUT2D eigenvalue weighted by atomic mass is 10.3. The number of hydrogen-bond acceptors (Lipinski definition) is 2. The van der Waals surface area contributed by atoms with Gasteiger partial charge in [-0.05, 0) is 12.8 Å². The lowest BCUT2D eigenvalue weighted by Crippen LogP contribution is -1.94. The normalized spacial score (nSPS) is 10.2. The first-order valence-electron chi connectivity index (χ1n) is 4.01. The second-order valence-corrected chi connectivity index (χ2v) is 2.19. The molecule has 0 aromatic heterocycles. The van der Waals surface area contributed by atoms with Gasteiger partial charge in [0.05, 0.1) is 25.7 Å². The van der Waals surface area contributed by atoms with Crippen LogP contribution in [0.3, 0.4) is 0 Å². The Kier molecular flexibility index (Phi) is 8.51. The van der Waals surface area contributed by atoms with E-state index < -0.39 is 0 Å². The van der Waals surface area contributed by atoms with Crippen LogP contribution in [-0.2, 0) is 4.74 Å². The summed E-state index contributed by atoms with van der Waals surface area (Å²) in [6, 6.07) is 2.03. The lowest BCUT2D eigenvalue weighted by Gasteiger charge is -1.96. The van der Waals surface area contributed by atoms with Gasteiger partial charge in [-0.1, -0.05) is 19.1 Å². The molecule has 0 aromatic carbocycles. The number of nitrogens with zero attached hydrogens (tertiary/aromatic N) is 1. The summed E-state index contributed by atoms with van der Waals surface area (Å²) in [5.41, 5.74) is 0. The molecule has 11 heavy (non-hydrogen) atoms. The molecule has 0 heterocycles. The first-order chi connectivity index (χ1) is 5.41. The first-order valence-corrected chi connectivity index (χ1v) is 4.01. The van der Waals surface area contributed by atoms with Crippen molar-refractivity contribution >= 4 is 0 Å². The maximum atomic E-state index is 8.16. The number of hydrogen-bond donors (Lipinski definition) is 0. The van der Waals surface area contributed by atoms with E-state index in [9.17, 15) is 0 Å². The molecule has 0 saturated carbocycles. The van der Waals surface area contributed by atoms with Crippen LogP contribution < -0.4 is 0 Å². The van der Waals surface area contributed by atoms with Gasteiger partial charge >= 0.3 is 0 Å². The summed E-state index contributed by atoms with van der Waals surface area (Å²) in [5, 5.41) is 8.16. The fourth-order valence-electron chi connectivity index (χ4n) is 0.656. The molecule has 0 aromatic rings. The second kappa shape index (κ2) is 9.19. The Bertz CT molecular complexity index is 135. The average Bonchev–Trinajstić information content (AvgIpc) is 2.03. The van der Waals surface area contributed by atoms with Crippen LogP contribution in [0, 0.1) is 11.3 Å². The van der Waals surface area contributed by atoms with Crippen molar-refractivity contribution in [3.63, 3.8) is 0 Å². The third kappa shape index (κ3) is 9.19. The van der Waals surface area contributed by atoms with Crippen LogP contribution in [0.15, 0.2) is 12.2 Å². The zero-order valence-electron chi connectivity index (χ0n) is 7.05. The SMILES string of the molecule is CCC=CCCOCCC#N. The van der Waals surface area contributed by atoms with Crippen molar-refractivity contribution in [2.24, 2.45) is 0 Å². The van der Waals surface area contributed by atoms with E-state index in [0.29, 0.717) is 13.0 Å². The predicted octanol–water partition coefficient (Wildman–Crippen LogP) is 2.27. The summed E-state index contributed by atoms with van der Waals surface area (Å²) in [4.78, 5) is 0. The number of rotatable bonds is 6. The van der Waals surface area contributed by atoms with E-state index in [-0.39, 0.29) is 0 Å². The van der Waals surface area contributed by atoms with Gasteiger partial charge < -0.3 is 4.74 Å². The van der Waals surface area contributed by atoms with Gasteiger partial charge in [0.2, 0.25) is 0 Å². The molecule has 0 fully saturated rings. The quantitative estimate of drug-likeness (QED) is 0.433. The molecule has 0 spiro atoms. The van der Waals surface area contributed by atoms with Crippen molar-refractivity contribution < 1.29 is 4.74 Å². The van der Waals surface area contributed by atoms with Crippen molar-refractivity contribution in [2.45, 2.75) is 26.2 Å². The van der Waals surface area contributed by atoms with Crippen LogP contribution >= 0.6 is 0 Å². The highest BCUT2D eigenvalue weighted by atomic mass is 16.5. The molecule has 0 aliphatic rings. The van der Waals surface area contributed by atoms with E-state index in [1.807, 2.05) is 6.07 Å². The van der Waals surface area contributed by atoms with Gasteiger partial charge in [0.15, 0.2) is 0 Å². The maximum absolute atomic E-state index is 8.16. The van der Waals surface area contributed by atoms with Gasteiger partial charge in [0.25, 0.3) is 0 Å². The predicted molar refractivity (Wildman–Crippen MR) is 45.1 cm³/mol. The first kappa shape index (κ1) is 10.2. The van der Waals surface area contributed by atoms with E-state index in [0.717, 1.165) is 19.4 Å². The Balaban J connectivity index is 2.91. The summed E-state index contributed by atoms with van der Waals surface area (Å²) in [6.45, 7) is 3.40. The van der Waals surface area contributed by atoms with Crippen LogP contribution in [-0.4, -0.2) is 13.2 Å². The molecule has 0 N–H and O–H groups in total. The van der Waals surface area contributed by atoms with Gasteiger partial charge in [-0.3, -0.25) is 0 Å². The third-order valence-electron chi connectivity index (χ3n) is 1.19. The minimum absolute atomic E-state index is 0.498. The standard InChI is InChI=1S/C9H15NO/c1-2-3-4-5-8-11-9-6-7-10/h3-4H,2,5-6,8-9H2,1H3. The Hall–Kier alpha value is -0.810. The molecule has 62 valence electrons. The van der Waals surface area contributed by atoms with Crippen LogP contribution in [0.25, 0.3) is 0 Å². The van der Waals surface area contributed by atoms with E-state index in [1.165, 1.54) is 0 Å². The zero-order valence-corrected chi connectivity index (χ0v) is 7.05. The monoisotopic (exact) mass is 153 g/mol. The molecular formula is C9H15NO. The molecule has 0 rings (SSSR count). The highest BCUT2D eigenvalue weighted by Crippen LogP contribution is 1.88. The van der Waals surface area contributed by atoms with Crippen molar-refractivity contribution in [1.29, 1.82) is 5.26 Å². The van der Waals surface area contributed by atoms with Gasteiger partial charge in [0.1, 0.15) is 0 Å². The highest BCUT2D eigenvalue weighted by molar-refractivity contribution is 4.79. The minimum atomic E-state index is 0.498. The van der Waals surface area contributed by atoms with Crippen LogP contribution in [0.1, 0.15) is 26.2 Å². The largest absolute Gasteiger partial charge is 0.380 e. The average molecular weight is 153 g/mol. The summed E-state index contributed by atoms with van der Waals surface area (Å²) in [7, 11) is 0. The van der Waals surface area contributed by atoms with Crippen molar-refractivity contribution in [3.05, 3.63) is 12.2 Å². The molecule has 0 unspecified atom stereocenters. The topological polar surface area (TPSA) is 33.0 Å². The molecule has 0 saturated heterocycles. The van der Waals surface area contributed by atoms with E-state index in [1.54, 1.807) is 0 Å². The molecule has 0 aliphatic heterocycles. The summed E-state index contributed by atoms with van der Waals surface area (Å²) >= 11 is 0. The Morgan fingerprint density at radius 3 is 2.82 bits per heavy atom. The minimum Gasteiger partial charge on any atom is -0.380 e. The van der Waals surface area contributed by atoms with E-state index in [2.05, 4.69) is 19.1 Å². The molecule has 0 aliphatic carbocycles. The van der Waals surface area contributed by atoms with Crippen LogP contribution in [0.4, 0.5) is 0 Å². The third-order valence-corrected chi connectivity index (χ3v) is 1.19. The lowest BCUT2D eigenvalue weighted by molar-refractivity contribution is 0.144. The van der Waals surface area contributed by atoms with Crippen LogP contribution in [0.2, 0.25) is 0 Å². The second-order valence-electron chi connectivity index (χ2n) is 2.19. The molecule has 0 bridgehead atoms. The number of nitriles is 1.